The number of aliphatic hydroxyl groups excluding tert-OH is 1. The van der Waals surface area contributed by atoms with Gasteiger partial charge >= 0.3 is 0 Å². The van der Waals surface area contributed by atoms with Gasteiger partial charge in [-0.05, 0) is 35.6 Å². The number of hydrogen-bond donors (Lipinski definition) is 2. The van der Waals surface area contributed by atoms with Crippen LogP contribution in [0.25, 0.3) is 5.57 Å². The van der Waals surface area contributed by atoms with Crippen molar-refractivity contribution in [3.8, 4) is 0 Å². The van der Waals surface area contributed by atoms with E-state index in [1.165, 1.54) is 16.0 Å². The number of hydrogen-bond acceptors (Lipinski definition) is 3. The lowest BCUT2D eigenvalue weighted by Crippen LogP contribution is -2.31. The maximum absolute atomic E-state index is 9.41. The molecule has 0 saturated carbocycles. The maximum atomic E-state index is 9.41. The number of nitrogens with one attached hydrogen (secondary N) is 1. The number of β-amino-alcohol motifs (C(OH)–C–C–N with tert-alkyl or cyclic N) is 1. The monoisotopic (exact) mass is 195 g/mol. The van der Waals surface area contributed by atoms with Gasteiger partial charge in [0, 0.05) is 18.0 Å². The third-order valence-electron chi connectivity index (χ3n) is 2.16. The second-order valence-corrected chi connectivity index (χ2v) is 4.45. The molecule has 0 aliphatic carbocycles. The van der Waals surface area contributed by atoms with Crippen molar-refractivity contribution in [2.45, 2.75) is 13.0 Å². The minimum absolute atomic E-state index is 0.330. The normalized spacial score (nSPS) is 22.9. The van der Waals surface area contributed by atoms with Crippen LogP contribution in [0.15, 0.2) is 17.5 Å². The van der Waals surface area contributed by atoms with Gasteiger partial charge in [0.1, 0.15) is 0 Å². The second kappa shape index (κ2) is 3.62. The molecule has 13 heavy (non-hydrogen) atoms. The van der Waals surface area contributed by atoms with E-state index in [4.69, 9.17) is 0 Å². The fourth-order valence-electron chi connectivity index (χ4n) is 1.51. The number of aryl methyl sites for hydroxylation is 1. The molecule has 1 aliphatic rings. The molecular formula is C10H13NOS. The fraction of sp³-hybridized carbons (Fsp3) is 0.400. The molecule has 1 aromatic heterocycles. The Labute approximate surface area is 81.9 Å². The van der Waals surface area contributed by atoms with Gasteiger partial charge in [0.2, 0.25) is 0 Å². The molecule has 0 radical (unpaired) electrons. The average molecular weight is 195 g/mol. The number of aliphatic hydroxyl groups is 1. The summed E-state index contributed by atoms with van der Waals surface area (Å²) in [6.45, 7) is 3.64. The standard InChI is InChI=1S/C10H13NOS/c1-7-2-9(6-13-7)8-3-10(12)5-11-4-8/h2-3,6,10-12H,4-5H2,1H3. The zero-order chi connectivity index (χ0) is 9.26. The van der Waals surface area contributed by atoms with Gasteiger partial charge in [-0.3, -0.25) is 0 Å². The second-order valence-electron chi connectivity index (χ2n) is 3.34. The lowest BCUT2D eigenvalue weighted by molar-refractivity contribution is 0.217. The van der Waals surface area contributed by atoms with Gasteiger partial charge in [-0.2, -0.15) is 0 Å². The van der Waals surface area contributed by atoms with E-state index in [1.54, 1.807) is 11.3 Å². The van der Waals surface area contributed by atoms with Crippen LogP contribution in [0.2, 0.25) is 0 Å². The topological polar surface area (TPSA) is 32.3 Å². The Hall–Kier alpha value is -0.640. The molecular weight excluding hydrogens is 182 g/mol. The first-order valence-electron chi connectivity index (χ1n) is 4.40. The van der Waals surface area contributed by atoms with E-state index < -0.39 is 0 Å². The molecule has 2 heterocycles. The largest absolute Gasteiger partial charge is 0.388 e. The number of thiophene rings is 1. The van der Waals surface area contributed by atoms with Crippen LogP contribution in [-0.4, -0.2) is 24.3 Å². The van der Waals surface area contributed by atoms with Crippen LogP contribution in [0.1, 0.15) is 10.4 Å². The molecule has 0 bridgehead atoms. The smallest absolute Gasteiger partial charge is 0.0851 e. The summed E-state index contributed by atoms with van der Waals surface area (Å²) in [4.78, 5) is 1.32. The van der Waals surface area contributed by atoms with Gasteiger partial charge < -0.3 is 10.4 Å². The van der Waals surface area contributed by atoms with Crippen molar-refractivity contribution in [1.29, 1.82) is 0 Å². The molecule has 1 unspecified atom stereocenters. The third-order valence-corrected chi connectivity index (χ3v) is 3.03. The van der Waals surface area contributed by atoms with Crippen molar-refractivity contribution in [3.63, 3.8) is 0 Å². The molecule has 0 fully saturated rings. The first-order chi connectivity index (χ1) is 6.25. The molecule has 1 aromatic rings. The molecule has 2 rings (SSSR count). The van der Waals surface area contributed by atoms with Crippen molar-refractivity contribution in [2.24, 2.45) is 0 Å². The third kappa shape index (κ3) is 1.99. The molecule has 0 amide bonds. The Bertz CT molecular complexity index is 329. The molecule has 2 N–H and O–H groups in total. The predicted octanol–water partition coefficient (Wildman–Crippen LogP) is 1.40. The van der Waals surface area contributed by atoms with Gasteiger partial charge in [0.15, 0.2) is 0 Å². The van der Waals surface area contributed by atoms with Crippen LogP contribution in [0, 0.1) is 6.92 Å². The van der Waals surface area contributed by atoms with Crippen LogP contribution in [0.4, 0.5) is 0 Å². The zero-order valence-corrected chi connectivity index (χ0v) is 8.40. The molecule has 0 saturated heterocycles. The molecule has 0 spiro atoms. The van der Waals surface area contributed by atoms with E-state index in [0.717, 1.165) is 6.54 Å². The summed E-state index contributed by atoms with van der Waals surface area (Å²) in [7, 11) is 0. The molecule has 2 nitrogen and oxygen atoms in total. The van der Waals surface area contributed by atoms with Gasteiger partial charge in [-0.1, -0.05) is 0 Å². The highest BCUT2D eigenvalue weighted by Gasteiger charge is 2.11. The SMILES string of the molecule is Cc1cc(C2=CC(O)CNC2)cs1. The van der Waals surface area contributed by atoms with Crippen LogP contribution in [0.5, 0.6) is 0 Å². The van der Waals surface area contributed by atoms with E-state index in [2.05, 4.69) is 23.7 Å². The Morgan fingerprint density at radius 3 is 3.08 bits per heavy atom. The maximum Gasteiger partial charge on any atom is 0.0851 e. The summed E-state index contributed by atoms with van der Waals surface area (Å²) in [6.07, 6.45) is 1.61. The molecule has 1 atom stereocenters. The molecule has 1 aliphatic heterocycles. The predicted molar refractivity (Wildman–Crippen MR) is 55.9 cm³/mol. The fourth-order valence-corrected chi connectivity index (χ4v) is 2.24. The van der Waals surface area contributed by atoms with Gasteiger partial charge in [-0.15, -0.1) is 11.3 Å². The van der Waals surface area contributed by atoms with Crippen molar-refractivity contribution >= 4 is 16.9 Å². The van der Waals surface area contributed by atoms with Gasteiger partial charge in [0.25, 0.3) is 0 Å². The first kappa shape index (κ1) is 8.94. The minimum atomic E-state index is -0.330. The summed E-state index contributed by atoms with van der Waals surface area (Å²) in [5.41, 5.74) is 2.46. The van der Waals surface area contributed by atoms with Crippen molar-refractivity contribution in [1.82, 2.24) is 5.32 Å². The van der Waals surface area contributed by atoms with Crippen molar-refractivity contribution in [3.05, 3.63) is 28.0 Å². The van der Waals surface area contributed by atoms with Gasteiger partial charge in [0.05, 0.1) is 6.10 Å². The zero-order valence-electron chi connectivity index (χ0n) is 7.58. The highest BCUT2D eigenvalue weighted by molar-refractivity contribution is 7.10. The Morgan fingerprint density at radius 1 is 1.62 bits per heavy atom. The number of rotatable bonds is 1. The summed E-state index contributed by atoms with van der Waals surface area (Å²) in [6, 6.07) is 2.16. The van der Waals surface area contributed by atoms with E-state index in [0.29, 0.717) is 6.54 Å². The van der Waals surface area contributed by atoms with Crippen LogP contribution in [0.3, 0.4) is 0 Å². The average Bonchev–Trinajstić information content (AvgIpc) is 2.52. The highest BCUT2D eigenvalue weighted by atomic mass is 32.1. The van der Waals surface area contributed by atoms with E-state index in [9.17, 15) is 5.11 Å². The Morgan fingerprint density at radius 2 is 2.46 bits per heavy atom. The lowest BCUT2D eigenvalue weighted by atomic mass is 10.0. The van der Waals surface area contributed by atoms with E-state index in [-0.39, 0.29) is 6.10 Å². The minimum Gasteiger partial charge on any atom is -0.388 e. The summed E-state index contributed by atoms with van der Waals surface area (Å²) in [5.74, 6) is 0. The summed E-state index contributed by atoms with van der Waals surface area (Å²) < 4.78 is 0. The summed E-state index contributed by atoms with van der Waals surface area (Å²) >= 11 is 1.75. The molecule has 0 aromatic carbocycles. The first-order valence-corrected chi connectivity index (χ1v) is 5.28. The van der Waals surface area contributed by atoms with Crippen LogP contribution < -0.4 is 5.32 Å². The van der Waals surface area contributed by atoms with Crippen molar-refractivity contribution in [2.75, 3.05) is 13.1 Å². The highest BCUT2D eigenvalue weighted by Crippen LogP contribution is 2.22. The van der Waals surface area contributed by atoms with Gasteiger partial charge in [-0.25, -0.2) is 0 Å². The van der Waals surface area contributed by atoms with Crippen LogP contribution >= 0.6 is 11.3 Å². The quantitative estimate of drug-likeness (QED) is 0.710. The van der Waals surface area contributed by atoms with Crippen molar-refractivity contribution < 1.29 is 5.11 Å². The lowest BCUT2D eigenvalue weighted by Gasteiger charge is -2.17. The Balaban J connectivity index is 2.25. The Kier molecular flexibility index (Phi) is 2.49. The van der Waals surface area contributed by atoms with E-state index in [1.807, 2.05) is 6.08 Å². The van der Waals surface area contributed by atoms with E-state index >= 15 is 0 Å². The molecule has 70 valence electrons. The molecule has 3 heteroatoms. The van der Waals surface area contributed by atoms with Crippen LogP contribution in [-0.2, 0) is 0 Å². The summed E-state index contributed by atoms with van der Waals surface area (Å²) in [5, 5.41) is 14.7.